The fourth-order valence-corrected chi connectivity index (χ4v) is 10.6. The van der Waals surface area contributed by atoms with E-state index in [2.05, 4.69) is 31.3 Å². The van der Waals surface area contributed by atoms with Crippen LogP contribution in [0.1, 0.15) is 373 Å². The van der Waals surface area contributed by atoms with E-state index in [0.717, 1.165) is 38.5 Å². The Bertz CT molecular complexity index is 1150. The van der Waals surface area contributed by atoms with Crippen LogP contribution >= 0.6 is 0 Å². The maximum absolute atomic E-state index is 12.5. The molecule has 2 atom stereocenters. The van der Waals surface area contributed by atoms with Gasteiger partial charge in [-0.3, -0.25) is 9.59 Å². The molecule has 0 saturated carbocycles. The Morgan fingerprint density at radius 1 is 0.365 bits per heavy atom. The van der Waals surface area contributed by atoms with Gasteiger partial charge in [0, 0.05) is 12.8 Å². The van der Waals surface area contributed by atoms with Crippen LogP contribution in [-0.4, -0.2) is 47.4 Å². The van der Waals surface area contributed by atoms with Crippen LogP contribution in [-0.2, 0) is 14.3 Å². The van der Waals surface area contributed by atoms with E-state index in [9.17, 15) is 19.8 Å². The molecule has 0 aliphatic carbocycles. The highest BCUT2D eigenvalue weighted by Crippen LogP contribution is 2.18. The van der Waals surface area contributed by atoms with Gasteiger partial charge in [0.15, 0.2) is 0 Å². The summed E-state index contributed by atoms with van der Waals surface area (Å²) in [6.45, 7) is 4.93. The molecule has 0 fully saturated rings. The van der Waals surface area contributed by atoms with E-state index in [1.165, 1.54) is 308 Å². The monoisotopic (exact) mass is 1040 g/mol. The molecule has 0 aromatic carbocycles. The predicted octanol–water partition coefficient (Wildman–Crippen LogP) is 21.4. The number of hydrogen-bond donors (Lipinski definition) is 3. The number of nitrogens with one attached hydrogen (secondary N) is 1. The second-order valence-corrected chi connectivity index (χ2v) is 23.2. The number of amides is 1. The van der Waals surface area contributed by atoms with E-state index in [1.807, 2.05) is 6.08 Å². The van der Waals surface area contributed by atoms with E-state index in [0.29, 0.717) is 19.4 Å². The third kappa shape index (κ3) is 59.6. The third-order valence-corrected chi connectivity index (χ3v) is 15.7. The molecule has 6 heteroatoms. The molecule has 6 nitrogen and oxygen atoms in total. The van der Waals surface area contributed by atoms with Gasteiger partial charge in [0.1, 0.15) is 0 Å². The van der Waals surface area contributed by atoms with Crippen molar-refractivity contribution in [3.05, 3.63) is 24.3 Å². The van der Waals surface area contributed by atoms with Crippen molar-refractivity contribution in [3.8, 4) is 0 Å². The number of unbranched alkanes of at least 4 members (excludes halogenated alkanes) is 50. The number of rotatable bonds is 63. The van der Waals surface area contributed by atoms with Crippen molar-refractivity contribution in [1.82, 2.24) is 5.32 Å². The Morgan fingerprint density at radius 3 is 0.959 bits per heavy atom. The lowest BCUT2D eigenvalue weighted by molar-refractivity contribution is -0.143. The lowest BCUT2D eigenvalue weighted by Crippen LogP contribution is -2.45. The first-order chi connectivity index (χ1) is 36.5. The molecule has 0 aromatic rings. The van der Waals surface area contributed by atoms with Crippen molar-refractivity contribution >= 4 is 11.9 Å². The molecular formula is C68H131NO5. The van der Waals surface area contributed by atoms with Gasteiger partial charge in [0.25, 0.3) is 0 Å². The summed E-state index contributed by atoms with van der Waals surface area (Å²) in [7, 11) is 0. The van der Waals surface area contributed by atoms with Gasteiger partial charge < -0.3 is 20.3 Å². The van der Waals surface area contributed by atoms with Crippen LogP contribution in [0.25, 0.3) is 0 Å². The molecule has 0 aromatic heterocycles. The van der Waals surface area contributed by atoms with Crippen LogP contribution in [0.15, 0.2) is 24.3 Å². The van der Waals surface area contributed by atoms with E-state index < -0.39 is 12.1 Å². The highest BCUT2D eigenvalue weighted by atomic mass is 16.5. The summed E-state index contributed by atoms with van der Waals surface area (Å²) in [5.74, 6) is -0.0506. The fraction of sp³-hybridized carbons (Fsp3) is 0.912. The van der Waals surface area contributed by atoms with E-state index in [4.69, 9.17) is 4.74 Å². The van der Waals surface area contributed by atoms with Gasteiger partial charge in [-0.15, -0.1) is 0 Å². The van der Waals surface area contributed by atoms with Crippen LogP contribution in [0.3, 0.4) is 0 Å². The Kier molecular flexibility index (Phi) is 62.4. The van der Waals surface area contributed by atoms with Crippen molar-refractivity contribution in [2.24, 2.45) is 0 Å². The zero-order valence-corrected chi connectivity index (χ0v) is 50.1. The molecule has 3 N–H and O–H groups in total. The first-order valence-electron chi connectivity index (χ1n) is 33.6. The summed E-state index contributed by atoms with van der Waals surface area (Å²) >= 11 is 0. The maximum atomic E-state index is 12.5. The first kappa shape index (κ1) is 72.3. The first-order valence-corrected chi connectivity index (χ1v) is 33.6. The Balaban J connectivity index is 3.41. The SMILES string of the molecule is CCCCCCCCCCCCCCCCCCC/C=C/C(O)C(CO)NC(=O)CCCCCCCCCCCCC/C=C\CCCCCCCCCCCCCCOC(=O)CCCCCCCCCCCCC. The molecule has 0 aliphatic heterocycles. The average Bonchev–Trinajstić information content (AvgIpc) is 3.40. The number of aliphatic hydroxyl groups is 2. The fourth-order valence-electron chi connectivity index (χ4n) is 10.6. The minimum Gasteiger partial charge on any atom is -0.466 e. The molecule has 74 heavy (non-hydrogen) atoms. The normalized spacial score (nSPS) is 12.6. The van der Waals surface area contributed by atoms with E-state index in [-0.39, 0.29) is 18.5 Å². The minimum absolute atomic E-state index is 0.0149. The molecule has 0 radical (unpaired) electrons. The largest absolute Gasteiger partial charge is 0.466 e. The number of esters is 1. The van der Waals surface area contributed by atoms with Crippen LogP contribution in [0.2, 0.25) is 0 Å². The van der Waals surface area contributed by atoms with Crippen LogP contribution in [0.4, 0.5) is 0 Å². The van der Waals surface area contributed by atoms with Crippen LogP contribution < -0.4 is 5.32 Å². The second kappa shape index (κ2) is 63.9. The molecule has 0 rings (SSSR count). The van der Waals surface area contributed by atoms with Gasteiger partial charge in [-0.1, -0.05) is 327 Å². The summed E-state index contributed by atoms with van der Waals surface area (Å²) in [5.41, 5.74) is 0. The van der Waals surface area contributed by atoms with Gasteiger partial charge in [-0.25, -0.2) is 0 Å². The highest BCUT2D eigenvalue weighted by Gasteiger charge is 2.18. The molecule has 0 bridgehead atoms. The highest BCUT2D eigenvalue weighted by molar-refractivity contribution is 5.76. The quantitative estimate of drug-likeness (QED) is 0.0320. The predicted molar refractivity (Wildman–Crippen MR) is 324 cm³/mol. The summed E-state index contributed by atoms with van der Waals surface area (Å²) in [6, 6.07) is -0.629. The van der Waals surface area contributed by atoms with Gasteiger partial charge in [-0.2, -0.15) is 0 Å². The summed E-state index contributed by atoms with van der Waals surface area (Å²) in [6.07, 6.45) is 79.6. The standard InChI is InChI=1S/C68H131NO5/c1-3-5-7-9-11-13-15-16-17-18-28-31-34-37-41-44-48-52-56-60-66(71)65(64-70)69-67(72)61-57-53-49-45-42-38-35-32-29-26-24-22-20-19-21-23-25-27-30-33-36-39-43-47-51-55-59-63-74-68(73)62-58-54-50-46-40-14-12-10-8-6-4-2/h19-20,56,60,65-66,70-71H,3-18,21-55,57-59,61-64H2,1-2H3,(H,69,72)/b20-19-,60-56+. The molecule has 1 amide bonds. The number of carbonyl (C=O) groups is 2. The van der Waals surface area contributed by atoms with Crippen LogP contribution in [0, 0.1) is 0 Å². The smallest absolute Gasteiger partial charge is 0.305 e. The summed E-state index contributed by atoms with van der Waals surface area (Å²) in [5, 5.41) is 23.2. The Morgan fingerprint density at radius 2 is 0.635 bits per heavy atom. The zero-order valence-electron chi connectivity index (χ0n) is 50.1. The van der Waals surface area contributed by atoms with Crippen molar-refractivity contribution in [1.29, 1.82) is 0 Å². The number of ether oxygens (including phenoxy) is 1. The van der Waals surface area contributed by atoms with E-state index in [1.54, 1.807) is 6.08 Å². The zero-order chi connectivity index (χ0) is 53.6. The third-order valence-electron chi connectivity index (χ3n) is 15.7. The maximum Gasteiger partial charge on any atom is 0.305 e. The topological polar surface area (TPSA) is 95.9 Å². The van der Waals surface area contributed by atoms with Gasteiger partial charge in [0.2, 0.25) is 5.91 Å². The van der Waals surface area contributed by atoms with Crippen LogP contribution in [0.5, 0.6) is 0 Å². The molecule has 0 aliphatic rings. The molecule has 0 heterocycles. The lowest BCUT2D eigenvalue weighted by Gasteiger charge is -2.20. The molecule has 438 valence electrons. The van der Waals surface area contributed by atoms with Gasteiger partial charge >= 0.3 is 5.97 Å². The van der Waals surface area contributed by atoms with Gasteiger partial charge in [0.05, 0.1) is 25.4 Å². The summed E-state index contributed by atoms with van der Waals surface area (Å²) in [4.78, 5) is 24.5. The van der Waals surface area contributed by atoms with Crippen molar-refractivity contribution < 1.29 is 24.5 Å². The number of carbonyl (C=O) groups excluding carboxylic acids is 2. The number of aliphatic hydroxyl groups excluding tert-OH is 2. The van der Waals surface area contributed by atoms with Crippen molar-refractivity contribution in [2.45, 2.75) is 386 Å². The Labute approximate surface area is 462 Å². The number of hydrogen-bond acceptors (Lipinski definition) is 5. The molecule has 0 spiro atoms. The van der Waals surface area contributed by atoms with Crippen molar-refractivity contribution in [3.63, 3.8) is 0 Å². The van der Waals surface area contributed by atoms with Crippen molar-refractivity contribution in [2.75, 3.05) is 13.2 Å². The molecular weight excluding hydrogens is 911 g/mol. The summed E-state index contributed by atoms with van der Waals surface area (Å²) < 4.78 is 5.47. The Hall–Kier alpha value is -1.66. The number of allylic oxidation sites excluding steroid dienone is 3. The van der Waals surface area contributed by atoms with Gasteiger partial charge in [-0.05, 0) is 57.8 Å². The lowest BCUT2D eigenvalue weighted by atomic mass is 10.0. The average molecular weight is 1040 g/mol. The molecule has 2 unspecified atom stereocenters. The second-order valence-electron chi connectivity index (χ2n) is 23.2. The molecule has 0 saturated heterocycles. The van der Waals surface area contributed by atoms with E-state index >= 15 is 0 Å². The minimum atomic E-state index is -0.845.